The van der Waals surface area contributed by atoms with Crippen LogP contribution in [0, 0.1) is 0 Å². The van der Waals surface area contributed by atoms with E-state index in [1.54, 1.807) is 0 Å². The zero-order valence-electron chi connectivity index (χ0n) is 20.7. The van der Waals surface area contributed by atoms with Crippen LogP contribution in [0.1, 0.15) is 55.7 Å². The summed E-state index contributed by atoms with van der Waals surface area (Å²) in [5.74, 6) is 0.887. The number of carbonyl (C=O) groups is 1. The summed E-state index contributed by atoms with van der Waals surface area (Å²) < 4.78 is 5.92. The van der Waals surface area contributed by atoms with Crippen LogP contribution in [0.2, 0.25) is 0 Å². The Kier molecular flexibility index (Phi) is 7.87. The number of thioether (sulfide) groups is 1. The number of rotatable bonds is 7. The summed E-state index contributed by atoms with van der Waals surface area (Å²) >= 11 is 1.50. The van der Waals surface area contributed by atoms with E-state index in [-0.39, 0.29) is 11.9 Å². The van der Waals surface area contributed by atoms with Crippen LogP contribution in [0.25, 0.3) is 6.08 Å². The van der Waals surface area contributed by atoms with Crippen LogP contribution in [0.4, 0.5) is 5.69 Å². The molecular formula is C31H32N2O2S. The van der Waals surface area contributed by atoms with E-state index >= 15 is 0 Å². The van der Waals surface area contributed by atoms with Gasteiger partial charge in [0.2, 0.25) is 0 Å². The molecule has 0 N–H and O–H groups in total. The normalized spacial score (nSPS) is 18.8. The Labute approximate surface area is 218 Å². The number of nitrogens with zero attached hydrogens (tertiary/aromatic N) is 2. The standard InChI is InChI=1S/C31H32N2O2S/c1-2-25-13-9-10-16-28(25)32-31-33(26-14-7-4-8-15-26)30(34)29(36-31)21-23-17-19-27(20-18-23)35-22-24-11-5-3-6-12-24/h3,5-6,9-13,16-21,26H,2,4,7-8,14-15,22H2,1H3/b29-21+,32-31?. The molecule has 0 unspecified atom stereocenters. The summed E-state index contributed by atoms with van der Waals surface area (Å²) in [7, 11) is 0. The van der Waals surface area contributed by atoms with E-state index < -0.39 is 0 Å². The van der Waals surface area contributed by atoms with Crippen LogP contribution in [0.5, 0.6) is 5.75 Å². The van der Waals surface area contributed by atoms with Gasteiger partial charge >= 0.3 is 0 Å². The minimum absolute atomic E-state index is 0.0732. The summed E-state index contributed by atoms with van der Waals surface area (Å²) in [4.78, 5) is 21.3. The predicted octanol–water partition coefficient (Wildman–Crippen LogP) is 7.76. The topological polar surface area (TPSA) is 41.9 Å². The molecule has 1 amide bonds. The lowest BCUT2D eigenvalue weighted by atomic mass is 9.94. The van der Waals surface area contributed by atoms with Crippen LogP contribution in [-0.2, 0) is 17.8 Å². The molecule has 5 rings (SSSR count). The first-order valence-corrected chi connectivity index (χ1v) is 13.7. The van der Waals surface area contributed by atoms with Crippen LogP contribution in [0.15, 0.2) is 88.8 Å². The number of amidine groups is 1. The molecule has 2 fully saturated rings. The molecular weight excluding hydrogens is 464 g/mol. The maximum atomic E-state index is 13.6. The third kappa shape index (κ3) is 5.73. The van der Waals surface area contributed by atoms with Gasteiger partial charge in [0.25, 0.3) is 5.91 Å². The number of amides is 1. The number of para-hydroxylation sites is 1. The number of ether oxygens (including phenoxy) is 1. The van der Waals surface area contributed by atoms with Gasteiger partial charge in [0.05, 0.1) is 10.6 Å². The average Bonchev–Trinajstić information content (AvgIpc) is 3.23. The van der Waals surface area contributed by atoms with Crippen molar-refractivity contribution in [2.75, 3.05) is 0 Å². The molecule has 184 valence electrons. The fourth-order valence-electron chi connectivity index (χ4n) is 4.80. The SMILES string of the molecule is CCc1ccccc1N=C1S/C(=C/c2ccc(OCc3ccccc3)cc2)C(=O)N1C1CCCCC1. The molecule has 2 aliphatic rings. The Morgan fingerprint density at radius 3 is 2.42 bits per heavy atom. The molecule has 36 heavy (non-hydrogen) atoms. The number of carbonyl (C=O) groups excluding carboxylic acids is 1. The van der Waals surface area contributed by atoms with Gasteiger partial charge in [-0.3, -0.25) is 9.69 Å². The fraction of sp³-hybridized carbons (Fsp3) is 0.290. The molecule has 0 radical (unpaired) electrons. The van der Waals surface area contributed by atoms with E-state index in [1.165, 1.54) is 36.6 Å². The zero-order chi connectivity index (χ0) is 24.7. The van der Waals surface area contributed by atoms with Crippen molar-refractivity contribution < 1.29 is 9.53 Å². The van der Waals surface area contributed by atoms with Crippen molar-refractivity contribution in [2.24, 2.45) is 4.99 Å². The molecule has 1 saturated carbocycles. The largest absolute Gasteiger partial charge is 0.489 e. The minimum Gasteiger partial charge on any atom is -0.489 e. The highest BCUT2D eigenvalue weighted by Gasteiger charge is 2.38. The molecule has 1 aliphatic heterocycles. The van der Waals surface area contributed by atoms with Crippen LogP contribution >= 0.6 is 11.8 Å². The molecule has 1 aliphatic carbocycles. The van der Waals surface area contributed by atoms with Crippen LogP contribution in [0.3, 0.4) is 0 Å². The molecule has 0 atom stereocenters. The predicted molar refractivity (Wildman–Crippen MR) is 149 cm³/mol. The van der Waals surface area contributed by atoms with Gasteiger partial charge in [0.15, 0.2) is 5.17 Å². The highest BCUT2D eigenvalue weighted by molar-refractivity contribution is 8.18. The molecule has 1 saturated heterocycles. The van der Waals surface area contributed by atoms with E-state index in [0.29, 0.717) is 6.61 Å². The molecule has 3 aromatic carbocycles. The van der Waals surface area contributed by atoms with Crippen molar-refractivity contribution in [1.29, 1.82) is 0 Å². The third-order valence-electron chi connectivity index (χ3n) is 6.79. The van der Waals surface area contributed by atoms with Gasteiger partial charge in [-0.1, -0.05) is 86.8 Å². The van der Waals surface area contributed by atoms with Gasteiger partial charge in [-0.15, -0.1) is 0 Å². The van der Waals surface area contributed by atoms with Crippen molar-refractivity contribution in [3.05, 3.63) is 100 Å². The monoisotopic (exact) mass is 496 g/mol. The molecule has 5 heteroatoms. The highest BCUT2D eigenvalue weighted by Crippen LogP contribution is 2.39. The minimum atomic E-state index is 0.0732. The maximum Gasteiger partial charge on any atom is 0.267 e. The van der Waals surface area contributed by atoms with Gasteiger partial charge in [0.1, 0.15) is 12.4 Å². The Morgan fingerprint density at radius 1 is 0.944 bits per heavy atom. The van der Waals surface area contributed by atoms with Gasteiger partial charge in [-0.05, 0) is 72.0 Å². The molecule has 0 spiro atoms. The lowest BCUT2D eigenvalue weighted by Crippen LogP contribution is -2.40. The second-order valence-corrected chi connectivity index (χ2v) is 10.3. The lowest BCUT2D eigenvalue weighted by Gasteiger charge is -2.30. The number of hydrogen-bond donors (Lipinski definition) is 0. The zero-order valence-corrected chi connectivity index (χ0v) is 21.5. The van der Waals surface area contributed by atoms with Gasteiger partial charge in [0, 0.05) is 6.04 Å². The van der Waals surface area contributed by atoms with Crippen LogP contribution < -0.4 is 4.74 Å². The summed E-state index contributed by atoms with van der Waals surface area (Å²) in [5, 5.41) is 0.807. The fourth-order valence-corrected chi connectivity index (χ4v) is 5.85. The summed E-state index contributed by atoms with van der Waals surface area (Å²) in [6.45, 7) is 2.68. The van der Waals surface area contributed by atoms with Crippen molar-refractivity contribution in [2.45, 2.75) is 58.1 Å². The van der Waals surface area contributed by atoms with Gasteiger partial charge in [-0.2, -0.15) is 0 Å². The van der Waals surface area contributed by atoms with E-state index in [4.69, 9.17) is 9.73 Å². The second-order valence-electron chi connectivity index (χ2n) is 9.30. The van der Waals surface area contributed by atoms with Crippen molar-refractivity contribution >= 4 is 34.6 Å². The Morgan fingerprint density at radius 2 is 1.67 bits per heavy atom. The quantitative estimate of drug-likeness (QED) is 0.314. The molecule has 1 heterocycles. The second kappa shape index (κ2) is 11.6. The average molecular weight is 497 g/mol. The Bertz CT molecular complexity index is 1250. The summed E-state index contributed by atoms with van der Waals surface area (Å²) in [6, 6.07) is 26.5. The Hall–Kier alpha value is -3.31. The van der Waals surface area contributed by atoms with Crippen LogP contribution in [-0.4, -0.2) is 22.0 Å². The van der Waals surface area contributed by atoms with E-state index in [2.05, 4.69) is 25.1 Å². The number of benzene rings is 3. The van der Waals surface area contributed by atoms with E-state index in [0.717, 1.165) is 51.9 Å². The molecule has 0 aromatic heterocycles. The molecule has 4 nitrogen and oxygen atoms in total. The first-order chi connectivity index (χ1) is 17.7. The van der Waals surface area contributed by atoms with E-state index in [9.17, 15) is 4.79 Å². The maximum absolute atomic E-state index is 13.6. The first-order valence-electron chi connectivity index (χ1n) is 12.9. The number of hydrogen-bond acceptors (Lipinski definition) is 4. The summed E-state index contributed by atoms with van der Waals surface area (Å²) in [5.41, 5.74) is 4.27. The van der Waals surface area contributed by atoms with Gasteiger partial charge in [-0.25, -0.2) is 4.99 Å². The Balaban J connectivity index is 1.37. The third-order valence-corrected chi connectivity index (χ3v) is 7.77. The highest BCUT2D eigenvalue weighted by atomic mass is 32.2. The van der Waals surface area contributed by atoms with Gasteiger partial charge < -0.3 is 4.74 Å². The van der Waals surface area contributed by atoms with E-state index in [1.807, 2.05) is 71.6 Å². The first kappa shape index (κ1) is 24.4. The van der Waals surface area contributed by atoms with Crippen molar-refractivity contribution in [3.63, 3.8) is 0 Å². The molecule has 0 bridgehead atoms. The lowest BCUT2D eigenvalue weighted by molar-refractivity contribution is -0.124. The number of aliphatic imine (C=N–C) groups is 1. The number of aryl methyl sites for hydroxylation is 1. The summed E-state index contributed by atoms with van der Waals surface area (Å²) in [6.07, 6.45) is 8.57. The van der Waals surface area contributed by atoms with Crippen molar-refractivity contribution in [1.82, 2.24) is 4.90 Å². The van der Waals surface area contributed by atoms with Crippen molar-refractivity contribution in [3.8, 4) is 5.75 Å². The smallest absolute Gasteiger partial charge is 0.267 e. The molecule has 3 aromatic rings.